The van der Waals surface area contributed by atoms with Crippen molar-refractivity contribution in [1.29, 1.82) is 0 Å². The van der Waals surface area contributed by atoms with Crippen molar-refractivity contribution in [3.63, 3.8) is 0 Å². The molecule has 1 aliphatic rings. The van der Waals surface area contributed by atoms with Crippen LogP contribution in [0.4, 0.5) is 0 Å². The molecule has 0 radical (unpaired) electrons. The average Bonchev–Trinajstić information content (AvgIpc) is 2.61. The van der Waals surface area contributed by atoms with E-state index < -0.39 is 0 Å². The number of rotatable bonds is 7. The summed E-state index contributed by atoms with van der Waals surface area (Å²) in [5.74, 6) is 0. The minimum absolute atomic E-state index is 0.585. The van der Waals surface area contributed by atoms with Crippen LogP contribution >= 0.6 is 0 Å². The van der Waals surface area contributed by atoms with E-state index in [-0.39, 0.29) is 0 Å². The molecule has 0 spiro atoms. The van der Waals surface area contributed by atoms with E-state index in [0.29, 0.717) is 6.04 Å². The van der Waals surface area contributed by atoms with E-state index in [4.69, 9.17) is 0 Å². The zero-order valence-electron chi connectivity index (χ0n) is 12.4. The molecular weight excluding hydrogens is 236 g/mol. The molecule has 1 aromatic rings. The molecule has 1 heterocycles. The molecule has 3 N–H and O–H groups in total. The van der Waals surface area contributed by atoms with Gasteiger partial charge in [0.15, 0.2) is 0 Å². The normalized spacial score (nSPS) is 15.5. The zero-order valence-corrected chi connectivity index (χ0v) is 12.4. The van der Waals surface area contributed by atoms with E-state index in [1.165, 1.54) is 55.5 Å². The summed E-state index contributed by atoms with van der Waals surface area (Å²) in [5, 5.41) is 14.7. The first-order valence-electron chi connectivity index (χ1n) is 7.76. The third-order valence-electron chi connectivity index (χ3n) is 3.77. The largest absolute Gasteiger partial charge is 0.314 e. The summed E-state index contributed by atoms with van der Waals surface area (Å²) in [5.41, 5.74) is 4.12. The third kappa shape index (κ3) is 4.62. The highest BCUT2D eigenvalue weighted by Gasteiger charge is 2.14. The lowest BCUT2D eigenvalue weighted by atomic mass is 10.1. The molecule has 0 bridgehead atoms. The molecule has 0 aromatic carbocycles. The number of nitrogens with one attached hydrogen (secondary N) is 3. The molecule has 0 atom stereocenters. The Morgan fingerprint density at radius 2 is 2.00 bits per heavy atom. The Balaban J connectivity index is 1.70. The van der Waals surface area contributed by atoms with Gasteiger partial charge >= 0.3 is 0 Å². The van der Waals surface area contributed by atoms with Crippen molar-refractivity contribution in [1.82, 2.24) is 20.8 Å². The Hall–Kier alpha value is -0.870. The number of hydrogen-bond acceptors (Lipinski definition) is 3. The predicted molar refractivity (Wildman–Crippen MR) is 79.3 cm³/mol. The minimum atomic E-state index is 0.585. The molecular formula is C15H28N4. The van der Waals surface area contributed by atoms with E-state index in [1.807, 2.05) is 0 Å². The molecule has 0 amide bonds. The Bertz CT molecular complexity index is 370. The van der Waals surface area contributed by atoms with Crippen LogP contribution in [-0.4, -0.2) is 29.3 Å². The van der Waals surface area contributed by atoms with Gasteiger partial charge in [0.25, 0.3) is 0 Å². The number of aromatic nitrogens is 2. The summed E-state index contributed by atoms with van der Waals surface area (Å²) in [6, 6.07) is 0.585. The maximum absolute atomic E-state index is 4.48. The van der Waals surface area contributed by atoms with Crippen LogP contribution in [0.1, 0.15) is 56.5 Å². The second-order valence-electron chi connectivity index (χ2n) is 5.83. The van der Waals surface area contributed by atoms with E-state index in [1.54, 1.807) is 0 Å². The summed E-state index contributed by atoms with van der Waals surface area (Å²) in [4.78, 5) is 0. The number of hydrogen-bond donors (Lipinski definition) is 3. The first-order valence-corrected chi connectivity index (χ1v) is 7.76. The zero-order chi connectivity index (χ0) is 13.5. The lowest BCUT2D eigenvalue weighted by molar-refractivity contribution is 0.545. The molecule has 108 valence electrons. The first kappa shape index (κ1) is 14.5. The van der Waals surface area contributed by atoms with Gasteiger partial charge in [0.1, 0.15) is 0 Å². The monoisotopic (exact) mass is 264 g/mol. The number of H-pyrrole nitrogens is 1. The Morgan fingerprint density at radius 3 is 2.84 bits per heavy atom. The molecule has 19 heavy (non-hydrogen) atoms. The fraction of sp³-hybridized carbons (Fsp3) is 0.800. The highest BCUT2D eigenvalue weighted by molar-refractivity contribution is 5.26. The summed E-state index contributed by atoms with van der Waals surface area (Å²) in [6.07, 6.45) is 7.54. The number of aromatic amines is 1. The third-order valence-corrected chi connectivity index (χ3v) is 3.77. The topological polar surface area (TPSA) is 52.7 Å². The van der Waals surface area contributed by atoms with Gasteiger partial charge in [-0.05, 0) is 50.8 Å². The predicted octanol–water partition coefficient (Wildman–Crippen LogP) is 2.16. The lowest BCUT2D eigenvalue weighted by Crippen LogP contribution is -2.27. The number of nitrogens with zero attached hydrogens (tertiary/aromatic N) is 1. The maximum atomic E-state index is 4.48. The van der Waals surface area contributed by atoms with Crippen LogP contribution in [0.15, 0.2) is 0 Å². The van der Waals surface area contributed by atoms with Gasteiger partial charge in [-0.15, -0.1) is 0 Å². The average molecular weight is 264 g/mol. The lowest BCUT2D eigenvalue weighted by Gasteiger charge is -2.08. The van der Waals surface area contributed by atoms with Crippen molar-refractivity contribution < 1.29 is 0 Å². The van der Waals surface area contributed by atoms with Crippen molar-refractivity contribution >= 4 is 0 Å². The molecule has 0 saturated carbocycles. The summed E-state index contributed by atoms with van der Waals surface area (Å²) >= 11 is 0. The van der Waals surface area contributed by atoms with Crippen LogP contribution in [0, 0.1) is 0 Å². The summed E-state index contributed by atoms with van der Waals surface area (Å²) in [6.45, 7) is 7.43. The van der Waals surface area contributed by atoms with E-state index in [0.717, 1.165) is 19.6 Å². The minimum Gasteiger partial charge on any atom is -0.314 e. The smallest absolute Gasteiger partial charge is 0.0794 e. The van der Waals surface area contributed by atoms with Gasteiger partial charge in [-0.1, -0.05) is 20.3 Å². The van der Waals surface area contributed by atoms with Gasteiger partial charge in [-0.3, -0.25) is 5.10 Å². The SMILES string of the molecule is CC(C)NCCCNCc1n[nH]c2c1CCCCC2. The Morgan fingerprint density at radius 1 is 1.16 bits per heavy atom. The number of fused-ring (bicyclic) bond motifs is 1. The van der Waals surface area contributed by atoms with Crippen LogP contribution in [0.25, 0.3) is 0 Å². The molecule has 0 saturated heterocycles. The molecule has 0 fully saturated rings. The standard InChI is InChI=1S/C15H28N4/c1-12(2)17-10-6-9-16-11-15-13-7-4-3-5-8-14(13)18-19-15/h12,16-17H,3-11H2,1-2H3,(H,18,19). The number of aryl methyl sites for hydroxylation is 1. The van der Waals surface area contributed by atoms with Crippen LogP contribution in [-0.2, 0) is 19.4 Å². The van der Waals surface area contributed by atoms with Crippen LogP contribution < -0.4 is 10.6 Å². The van der Waals surface area contributed by atoms with Gasteiger partial charge in [0, 0.05) is 18.3 Å². The molecule has 4 heteroatoms. The Labute approximate surface area is 116 Å². The van der Waals surface area contributed by atoms with Crippen LogP contribution in [0.5, 0.6) is 0 Å². The molecule has 1 aromatic heterocycles. The van der Waals surface area contributed by atoms with E-state index in [2.05, 4.69) is 34.7 Å². The van der Waals surface area contributed by atoms with Gasteiger partial charge in [0.2, 0.25) is 0 Å². The molecule has 0 aliphatic heterocycles. The van der Waals surface area contributed by atoms with Crippen molar-refractivity contribution in [2.24, 2.45) is 0 Å². The fourth-order valence-corrected chi connectivity index (χ4v) is 2.68. The quantitative estimate of drug-likeness (QED) is 0.522. The van der Waals surface area contributed by atoms with Crippen molar-refractivity contribution in [3.05, 3.63) is 17.0 Å². The van der Waals surface area contributed by atoms with Crippen molar-refractivity contribution in [2.45, 2.75) is 65.0 Å². The maximum Gasteiger partial charge on any atom is 0.0794 e. The second-order valence-corrected chi connectivity index (χ2v) is 5.83. The van der Waals surface area contributed by atoms with E-state index in [9.17, 15) is 0 Å². The molecule has 4 nitrogen and oxygen atoms in total. The summed E-state index contributed by atoms with van der Waals surface area (Å²) in [7, 11) is 0. The van der Waals surface area contributed by atoms with E-state index >= 15 is 0 Å². The van der Waals surface area contributed by atoms with Crippen molar-refractivity contribution in [3.8, 4) is 0 Å². The van der Waals surface area contributed by atoms with Crippen molar-refractivity contribution in [2.75, 3.05) is 13.1 Å². The van der Waals surface area contributed by atoms with Gasteiger partial charge < -0.3 is 10.6 Å². The molecule has 1 aliphatic carbocycles. The molecule has 0 unspecified atom stereocenters. The highest BCUT2D eigenvalue weighted by Crippen LogP contribution is 2.21. The summed E-state index contributed by atoms with van der Waals surface area (Å²) < 4.78 is 0. The Kier molecular flexibility index (Phi) is 5.86. The highest BCUT2D eigenvalue weighted by atomic mass is 15.1. The molecule has 2 rings (SSSR count). The van der Waals surface area contributed by atoms with Crippen LogP contribution in [0.3, 0.4) is 0 Å². The van der Waals surface area contributed by atoms with Gasteiger partial charge in [-0.2, -0.15) is 5.10 Å². The van der Waals surface area contributed by atoms with Gasteiger partial charge in [0.05, 0.1) is 5.69 Å². The first-order chi connectivity index (χ1) is 9.27. The second kappa shape index (κ2) is 7.65. The fourth-order valence-electron chi connectivity index (χ4n) is 2.68. The van der Waals surface area contributed by atoms with Gasteiger partial charge in [-0.25, -0.2) is 0 Å². The van der Waals surface area contributed by atoms with Crippen LogP contribution in [0.2, 0.25) is 0 Å².